The highest BCUT2D eigenvalue weighted by atomic mass is 35.5. The van der Waals surface area contributed by atoms with Gasteiger partial charge in [0.05, 0.1) is 10.7 Å². The molecule has 0 aliphatic carbocycles. The van der Waals surface area contributed by atoms with Gasteiger partial charge in [-0.1, -0.05) is 23.7 Å². The van der Waals surface area contributed by atoms with Gasteiger partial charge in [0.15, 0.2) is 0 Å². The molecule has 2 amide bonds. The Balaban J connectivity index is 1.39. The fourth-order valence-electron chi connectivity index (χ4n) is 2.50. The number of ether oxygens (including phenoxy) is 1. The normalized spacial score (nSPS) is 10.4. The topological polar surface area (TPSA) is 94.0 Å². The number of halogens is 1. The number of nitrogens with zero attached hydrogens (tertiary/aromatic N) is 4. The number of amides is 2. The van der Waals surface area contributed by atoms with E-state index in [0.29, 0.717) is 33.8 Å². The quantitative estimate of drug-likeness (QED) is 0.498. The van der Waals surface area contributed by atoms with E-state index >= 15 is 0 Å². The number of urea groups is 1. The van der Waals surface area contributed by atoms with Gasteiger partial charge in [-0.05, 0) is 36.4 Å². The molecule has 0 spiro atoms. The van der Waals surface area contributed by atoms with Gasteiger partial charge in [0.25, 0.3) is 0 Å². The molecule has 0 aliphatic heterocycles. The minimum Gasteiger partial charge on any atom is -0.439 e. The van der Waals surface area contributed by atoms with Crippen molar-refractivity contribution in [3.05, 3.63) is 84.7 Å². The van der Waals surface area contributed by atoms with Crippen molar-refractivity contribution in [2.45, 2.75) is 0 Å². The first kappa shape index (κ1) is 18.5. The van der Waals surface area contributed by atoms with E-state index in [1.165, 1.54) is 6.33 Å². The summed E-state index contributed by atoms with van der Waals surface area (Å²) in [5.41, 5.74) is 1.13. The lowest BCUT2D eigenvalue weighted by molar-refractivity contribution is 0.262. The summed E-state index contributed by atoms with van der Waals surface area (Å²) >= 11 is 6.04. The van der Waals surface area contributed by atoms with Gasteiger partial charge < -0.3 is 15.4 Å². The third kappa shape index (κ3) is 4.69. The van der Waals surface area contributed by atoms with E-state index in [4.69, 9.17) is 16.3 Å². The average Bonchev–Trinajstić information content (AvgIpc) is 3.26. The molecular formula is C20H15ClN6O2. The predicted octanol–water partition coefficient (Wildman–Crippen LogP) is 4.75. The maximum absolute atomic E-state index is 12.1. The Labute approximate surface area is 171 Å². The van der Waals surface area contributed by atoms with Crippen LogP contribution in [0.3, 0.4) is 0 Å². The second-order valence-corrected chi connectivity index (χ2v) is 6.28. The van der Waals surface area contributed by atoms with Crippen LogP contribution in [0.25, 0.3) is 5.82 Å². The van der Waals surface area contributed by atoms with E-state index in [0.717, 1.165) is 0 Å². The summed E-state index contributed by atoms with van der Waals surface area (Å²) in [6, 6.07) is 15.2. The minimum atomic E-state index is -0.396. The van der Waals surface area contributed by atoms with Crippen molar-refractivity contribution in [3.63, 3.8) is 0 Å². The van der Waals surface area contributed by atoms with Crippen LogP contribution < -0.4 is 15.4 Å². The highest BCUT2D eigenvalue weighted by Gasteiger charge is 2.07. The van der Waals surface area contributed by atoms with Crippen molar-refractivity contribution < 1.29 is 9.53 Å². The molecule has 0 unspecified atom stereocenters. The first-order chi connectivity index (χ1) is 14.2. The monoisotopic (exact) mass is 406 g/mol. The van der Waals surface area contributed by atoms with Crippen molar-refractivity contribution in [1.29, 1.82) is 0 Å². The molecule has 0 saturated heterocycles. The number of rotatable bonds is 5. The molecule has 144 valence electrons. The molecular weight excluding hydrogens is 392 g/mol. The van der Waals surface area contributed by atoms with E-state index in [1.807, 2.05) is 0 Å². The molecule has 8 nitrogen and oxygen atoms in total. The molecule has 2 aromatic heterocycles. The lowest BCUT2D eigenvalue weighted by atomic mass is 10.3. The molecule has 2 aromatic carbocycles. The second-order valence-electron chi connectivity index (χ2n) is 5.87. The molecule has 0 atom stereocenters. The fraction of sp³-hybridized carbons (Fsp3) is 0. The lowest BCUT2D eigenvalue weighted by Crippen LogP contribution is -2.19. The Morgan fingerprint density at radius 1 is 1.03 bits per heavy atom. The van der Waals surface area contributed by atoms with E-state index in [-0.39, 0.29) is 0 Å². The molecule has 0 saturated carbocycles. The van der Waals surface area contributed by atoms with Gasteiger partial charge in [0.1, 0.15) is 24.2 Å². The zero-order chi connectivity index (χ0) is 20.1. The number of carbonyl (C=O) groups is 1. The highest BCUT2D eigenvalue weighted by molar-refractivity contribution is 6.33. The summed E-state index contributed by atoms with van der Waals surface area (Å²) < 4.78 is 7.51. The largest absolute Gasteiger partial charge is 0.439 e. The standard InChI is InChI=1S/C20H15ClN6O2/c21-16-3-1-2-4-17(16)26-20(28)25-14-5-7-15(8-6-14)29-19-11-18(23-12-24-19)27-10-9-22-13-27/h1-13H,(H2,25,26,28). The summed E-state index contributed by atoms with van der Waals surface area (Å²) in [5.74, 6) is 1.60. The molecule has 4 aromatic rings. The lowest BCUT2D eigenvalue weighted by Gasteiger charge is -2.10. The van der Waals surface area contributed by atoms with E-state index in [2.05, 4.69) is 25.6 Å². The van der Waals surface area contributed by atoms with Crippen molar-refractivity contribution in [2.75, 3.05) is 10.6 Å². The summed E-state index contributed by atoms with van der Waals surface area (Å²) in [7, 11) is 0. The summed E-state index contributed by atoms with van der Waals surface area (Å²) in [6.45, 7) is 0. The molecule has 0 fully saturated rings. The molecule has 0 aliphatic rings. The number of benzene rings is 2. The third-order valence-corrected chi connectivity index (χ3v) is 4.18. The minimum absolute atomic E-state index is 0.390. The second kappa shape index (κ2) is 8.41. The molecule has 0 radical (unpaired) electrons. The number of hydrogen-bond donors (Lipinski definition) is 2. The number of imidazole rings is 1. The maximum Gasteiger partial charge on any atom is 0.323 e. The first-order valence-corrected chi connectivity index (χ1v) is 8.96. The molecule has 9 heteroatoms. The van der Waals surface area contributed by atoms with Crippen LogP contribution in [0.1, 0.15) is 0 Å². The van der Waals surface area contributed by atoms with Crippen LogP contribution in [-0.4, -0.2) is 25.6 Å². The summed E-state index contributed by atoms with van der Waals surface area (Å²) in [4.78, 5) is 24.4. The Morgan fingerprint density at radius 3 is 2.62 bits per heavy atom. The molecule has 0 bridgehead atoms. The summed E-state index contributed by atoms with van der Waals surface area (Å²) in [5, 5.41) is 5.90. The van der Waals surface area contributed by atoms with Gasteiger partial charge in [-0.15, -0.1) is 0 Å². The number of nitrogens with one attached hydrogen (secondary N) is 2. The zero-order valence-electron chi connectivity index (χ0n) is 15.0. The zero-order valence-corrected chi connectivity index (χ0v) is 15.7. The van der Waals surface area contributed by atoms with Crippen LogP contribution in [0.5, 0.6) is 11.6 Å². The van der Waals surface area contributed by atoms with Gasteiger partial charge in [0.2, 0.25) is 5.88 Å². The number of para-hydroxylation sites is 1. The van der Waals surface area contributed by atoms with Gasteiger partial charge >= 0.3 is 6.03 Å². The van der Waals surface area contributed by atoms with Gasteiger partial charge in [0, 0.05) is 24.1 Å². The highest BCUT2D eigenvalue weighted by Crippen LogP contribution is 2.23. The van der Waals surface area contributed by atoms with Gasteiger partial charge in [-0.25, -0.2) is 19.7 Å². The molecule has 2 heterocycles. The summed E-state index contributed by atoms with van der Waals surface area (Å²) in [6.07, 6.45) is 6.50. The molecule has 29 heavy (non-hydrogen) atoms. The van der Waals surface area contributed by atoms with Crippen molar-refractivity contribution >= 4 is 29.0 Å². The Kier molecular flexibility index (Phi) is 5.35. The number of anilines is 2. The van der Waals surface area contributed by atoms with Crippen LogP contribution in [0, 0.1) is 0 Å². The fourth-order valence-corrected chi connectivity index (χ4v) is 2.68. The maximum atomic E-state index is 12.1. The first-order valence-electron chi connectivity index (χ1n) is 8.58. The number of carbonyl (C=O) groups excluding carboxylic acids is 1. The predicted molar refractivity (Wildman–Crippen MR) is 110 cm³/mol. The smallest absolute Gasteiger partial charge is 0.323 e. The Bertz CT molecular complexity index is 1120. The Morgan fingerprint density at radius 2 is 1.86 bits per heavy atom. The number of hydrogen-bond acceptors (Lipinski definition) is 5. The van der Waals surface area contributed by atoms with E-state index in [9.17, 15) is 4.79 Å². The van der Waals surface area contributed by atoms with Crippen LogP contribution in [0.2, 0.25) is 5.02 Å². The average molecular weight is 407 g/mol. The number of aromatic nitrogens is 4. The van der Waals surface area contributed by atoms with Crippen molar-refractivity contribution in [2.24, 2.45) is 0 Å². The van der Waals surface area contributed by atoms with E-state index in [1.54, 1.807) is 77.9 Å². The molecule has 2 N–H and O–H groups in total. The van der Waals surface area contributed by atoms with Gasteiger partial charge in [-0.3, -0.25) is 4.57 Å². The van der Waals surface area contributed by atoms with Crippen LogP contribution in [0.15, 0.2) is 79.6 Å². The van der Waals surface area contributed by atoms with Crippen LogP contribution >= 0.6 is 11.6 Å². The van der Waals surface area contributed by atoms with Gasteiger partial charge in [-0.2, -0.15) is 0 Å². The molecule has 4 rings (SSSR count). The van der Waals surface area contributed by atoms with Crippen molar-refractivity contribution in [3.8, 4) is 17.4 Å². The van der Waals surface area contributed by atoms with Crippen molar-refractivity contribution in [1.82, 2.24) is 19.5 Å². The van der Waals surface area contributed by atoms with Crippen LogP contribution in [0.4, 0.5) is 16.2 Å². The SMILES string of the molecule is O=C(Nc1ccc(Oc2cc(-n3ccnc3)ncn2)cc1)Nc1ccccc1Cl. The third-order valence-electron chi connectivity index (χ3n) is 3.85. The van der Waals surface area contributed by atoms with Crippen LogP contribution in [-0.2, 0) is 0 Å². The Hall–Kier alpha value is -3.91. The van der Waals surface area contributed by atoms with E-state index < -0.39 is 6.03 Å².